The summed E-state index contributed by atoms with van der Waals surface area (Å²) in [6.07, 6.45) is -0.269. The SMILES string of the molecule is CCN(c1ccccc1)C(/N=C(\C)c1cc(-c2cc(-c3ccccc3)c(-c3ccccc3)c(-c3ccccc3)c2)cc(-c2cc(-c3ccccc3)c(-c3ccccc3)cc2-c2ccccc2)c1)c1ccccc1. The number of aliphatic imine (C=N–C) groups is 1. The third kappa shape index (κ3) is 9.98. The van der Waals surface area contributed by atoms with Crippen molar-refractivity contribution >= 4 is 11.4 Å². The van der Waals surface area contributed by atoms with Gasteiger partial charge in [-0.25, -0.2) is 0 Å². The molecule has 1 atom stereocenters. The molecule has 11 aromatic rings. The Labute approximate surface area is 430 Å². The van der Waals surface area contributed by atoms with Gasteiger partial charge in [0.15, 0.2) is 0 Å². The Morgan fingerprint density at radius 3 is 1.07 bits per heavy atom. The zero-order valence-corrected chi connectivity index (χ0v) is 41.3. The van der Waals surface area contributed by atoms with E-state index in [1.54, 1.807) is 0 Å². The van der Waals surface area contributed by atoms with Crippen molar-refractivity contribution in [1.82, 2.24) is 0 Å². The lowest BCUT2D eigenvalue weighted by molar-refractivity contribution is 0.664. The van der Waals surface area contributed by atoms with Gasteiger partial charge < -0.3 is 4.90 Å². The van der Waals surface area contributed by atoms with E-state index in [9.17, 15) is 0 Å². The molecule has 2 nitrogen and oxygen atoms in total. The highest BCUT2D eigenvalue weighted by Gasteiger charge is 2.23. The Morgan fingerprint density at radius 1 is 0.329 bits per heavy atom. The second-order valence-electron chi connectivity index (χ2n) is 18.5. The highest BCUT2D eigenvalue weighted by Crippen LogP contribution is 2.46. The molecule has 2 heteroatoms. The second-order valence-corrected chi connectivity index (χ2v) is 18.5. The summed E-state index contributed by atoms with van der Waals surface area (Å²) in [5.74, 6) is 0. The molecule has 73 heavy (non-hydrogen) atoms. The first-order valence-electron chi connectivity index (χ1n) is 25.4. The Balaban J connectivity index is 1.22. The fourth-order valence-electron chi connectivity index (χ4n) is 10.3. The Hall–Kier alpha value is -9.11. The van der Waals surface area contributed by atoms with Crippen LogP contribution in [0, 0.1) is 0 Å². The quantitative estimate of drug-likeness (QED) is 0.0992. The molecular weight excluding hydrogens is 881 g/mol. The van der Waals surface area contributed by atoms with E-state index in [1.807, 2.05) is 0 Å². The second kappa shape index (κ2) is 21.5. The molecule has 0 bridgehead atoms. The van der Waals surface area contributed by atoms with Gasteiger partial charge in [0.2, 0.25) is 0 Å². The van der Waals surface area contributed by atoms with E-state index < -0.39 is 0 Å². The average Bonchev–Trinajstić information content (AvgIpc) is 3.48. The van der Waals surface area contributed by atoms with Crippen LogP contribution in [0.2, 0.25) is 0 Å². The molecule has 0 amide bonds. The molecule has 0 spiro atoms. The van der Waals surface area contributed by atoms with Gasteiger partial charge in [-0.15, -0.1) is 0 Å². The van der Waals surface area contributed by atoms with Crippen molar-refractivity contribution in [1.29, 1.82) is 0 Å². The highest BCUT2D eigenvalue weighted by atomic mass is 15.2. The van der Waals surface area contributed by atoms with Gasteiger partial charge >= 0.3 is 0 Å². The summed E-state index contributed by atoms with van der Waals surface area (Å²) >= 11 is 0. The van der Waals surface area contributed by atoms with Gasteiger partial charge in [0.1, 0.15) is 6.17 Å². The maximum absolute atomic E-state index is 5.76. The van der Waals surface area contributed by atoms with Crippen LogP contribution in [0.15, 0.2) is 290 Å². The molecule has 0 aromatic heterocycles. The van der Waals surface area contributed by atoms with Crippen molar-refractivity contribution < 1.29 is 0 Å². The van der Waals surface area contributed by atoms with Crippen molar-refractivity contribution in [2.45, 2.75) is 20.0 Å². The molecular formula is C71H56N2. The van der Waals surface area contributed by atoms with Gasteiger partial charge in [0, 0.05) is 17.9 Å². The lowest BCUT2D eigenvalue weighted by Gasteiger charge is -2.31. The molecule has 11 rings (SSSR count). The van der Waals surface area contributed by atoms with Gasteiger partial charge in [0.05, 0.1) is 0 Å². The number of hydrogen-bond acceptors (Lipinski definition) is 2. The van der Waals surface area contributed by atoms with Crippen molar-refractivity contribution in [3.05, 3.63) is 296 Å². The molecule has 1 unspecified atom stereocenters. The summed E-state index contributed by atoms with van der Waals surface area (Å²) < 4.78 is 0. The number of hydrogen-bond donors (Lipinski definition) is 0. The van der Waals surface area contributed by atoms with Crippen LogP contribution in [-0.2, 0) is 0 Å². The predicted molar refractivity (Wildman–Crippen MR) is 311 cm³/mol. The lowest BCUT2D eigenvalue weighted by atomic mass is 9.82. The molecule has 11 aromatic carbocycles. The van der Waals surface area contributed by atoms with Crippen LogP contribution in [0.4, 0.5) is 5.69 Å². The maximum Gasteiger partial charge on any atom is 0.147 e. The summed E-state index contributed by atoms with van der Waals surface area (Å²) in [4.78, 5) is 8.16. The normalized spacial score (nSPS) is 11.8. The van der Waals surface area contributed by atoms with Crippen molar-refractivity contribution in [2.75, 3.05) is 11.4 Å². The summed E-state index contributed by atoms with van der Waals surface area (Å²) in [7, 11) is 0. The van der Waals surface area contributed by atoms with E-state index in [0.29, 0.717) is 0 Å². The van der Waals surface area contributed by atoms with Gasteiger partial charge in [0.25, 0.3) is 0 Å². The topological polar surface area (TPSA) is 15.6 Å². The van der Waals surface area contributed by atoms with E-state index in [2.05, 4.69) is 304 Å². The third-order valence-corrected chi connectivity index (χ3v) is 13.9. The average molecular weight is 937 g/mol. The molecule has 0 heterocycles. The van der Waals surface area contributed by atoms with E-state index in [1.165, 1.54) is 44.5 Å². The van der Waals surface area contributed by atoms with Crippen LogP contribution in [0.1, 0.15) is 31.1 Å². The van der Waals surface area contributed by atoms with Crippen LogP contribution in [0.5, 0.6) is 0 Å². The first kappa shape index (κ1) is 46.3. The van der Waals surface area contributed by atoms with E-state index in [-0.39, 0.29) is 6.17 Å². The Kier molecular flexibility index (Phi) is 13.6. The van der Waals surface area contributed by atoms with Gasteiger partial charge in [-0.1, -0.05) is 231 Å². The van der Waals surface area contributed by atoms with E-state index in [4.69, 9.17) is 4.99 Å². The van der Waals surface area contributed by atoms with E-state index in [0.717, 1.165) is 73.6 Å². The van der Waals surface area contributed by atoms with Gasteiger partial charge in [-0.3, -0.25) is 4.99 Å². The number of para-hydroxylation sites is 1. The molecule has 0 saturated heterocycles. The molecule has 0 aliphatic rings. The fourth-order valence-corrected chi connectivity index (χ4v) is 10.3. The minimum absolute atomic E-state index is 0.269. The zero-order valence-electron chi connectivity index (χ0n) is 41.3. The van der Waals surface area contributed by atoms with Crippen LogP contribution in [0.25, 0.3) is 89.0 Å². The molecule has 0 saturated carbocycles. The summed E-state index contributed by atoms with van der Waals surface area (Å²) in [5.41, 5.74) is 22.8. The summed E-state index contributed by atoms with van der Waals surface area (Å²) in [6.45, 7) is 5.18. The minimum atomic E-state index is -0.269. The molecule has 0 N–H and O–H groups in total. The first-order valence-corrected chi connectivity index (χ1v) is 25.4. The maximum atomic E-state index is 5.76. The van der Waals surface area contributed by atoms with Crippen molar-refractivity contribution in [3.8, 4) is 89.0 Å². The fraction of sp³-hybridized carbons (Fsp3) is 0.0563. The van der Waals surface area contributed by atoms with Crippen molar-refractivity contribution in [2.24, 2.45) is 4.99 Å². The number of rotatable bonds is 14. The minimum Gasteiger partial charge on any atom is -0.346 e. The van der Waals surface area contributed by atoms with Crippen LogP contribution in [-0.4, -0.2) is 12.3 Å². The smallest absolute Gasteiger partial charge is 0.147 e. The van der Waals surface area contributed by atoms with Crippen LogP contribution >= 0.6 is 0 Å². The zero-order chi connectivity index (χ0) is 49.3. The van der Waals surface area contributed by atoms with Gasteiger partial charge in [-0.05, 0) is 169 Å². The van der Waals surface area contributed by atoms with Gasteiger partial charge in [-0.2, -0.15) is 0 Å². The van der Waals surface area contributed by atoms with Crippen LogP contribution in [0.3, 0.4) is 0 Å². The highest BCUT2D eigenvalue weighted by molar-refractivity contribution is 6.04. The molecule has 0 radical (unpaired) electrons. The molecule has 350 valence electrons. The van der Waals surface area contributed by atoms with Crippen LogP contribution < -0.4 is 4.90 Å². The largest absolute Gasteiger partial charge is 0.346 e. The lowest BCUT2D eigenvalue weighted by Crippen LogP contribution is -2.28. The number of nitrogens with zero attached hydrogens (tertiary/aromatic N) is 2. The summed E-state index contributed by atoms with van der Waals surface area (Å²) in [6, 6.07) is 103. The Bertz CT molecular complexity index is 3550. The third-order valence-electron chi connectivity index (χ3n) is 13.9. The summed E-state index contributed by atoms with van der Waals surface area (Å²) in [5, 5.41) is 0. The van der Waals surface area contributed by atoms with E-state index >= 15 is 0 Å². The predicted octanol–water partition coefficient (Wildman–Crippen LogP) is 19.1. The Morgan fingerprint density at radius 2 is 0.658 bits per heavy atom. The number of anilines is 1. The molecule has 0 fully saturated rings. The molecule has 0 aliphatic heterocycles. The number of benzene rings is 11. The molecule has 0 aliphatic carbocycles. The van der Waals surface area contributed by atoms with Crippen molar-refractivity contribution in [3.63, 3.8) is 0 Å². The standard InChI is InChI=1S/C71H56N2/c1-3-73(63-42-26-11-27-43-63)71(58-40-24-10-25-41-58)72-51(2)59-44-60(61-47-68(55-34-18-7-19-35-55)70(57-38-22-9-23-39-57)69(48-61)56-36-20-8-21-37-56)46-62(45-59)67-50-65(53-30-14-5-15-31-53)64(52-28-12-4-13-29-52)49-66(67)54-32-16-6-17-33-54/h4-50,71H,3H2,1-2H3/b72-51+. The monoisotopic (exact) mass is 936 g/mol. The first-order chi connectivity index (χ1) is 36.1.